The number of benzene rings is 2. The third-order valence-electron chi connectivity index (χ3n) is 5.36. The number of fused-ring (bicyclic) bond motifs is 1. The Labute approximate surface area is 188 Å². The van der Waals surface area contributed by atoms with Gasteiger partial charge in [-0.15, -0.1) is 0 Å². The zero-order valence-corrected chi connectivity index (χ0v) is 17.6. The Hall–Kier alpha value is -3.79. The zero-order chi connectivity index (χ0) is 22.6. The summed E-state index contributed by atoms with van der Waals surface area (Å²) in [5, 5.41) is 11.9. The average Bonchev–Trinajstić information content (AvgIpc) is 3.26. The monoisotopic (exact) mass is 452 g/mol. The van der Waals surface area contributed by atoms with Gasteiger partial charge in [-0.1, -0.05) is 18.2 Å². The number of aromatic nitrogens is 4. The highest BCUT2D eigenvalue weighted by Gasteiger charge is 2.21. The molecule has 0 bridgehead atoms. The lowest BCUT2D eigenvalue weighted by atomic mass is 10.1. The number of hydrogen-bond acceptors (Lipinski definition) is 7. The van der Waals surface area contributed by atoms with E-state index in [0.29, 0.717) is 36.3 Å². The Bertz CT molecular complexity index is 1210. The molecule has 3 heterocycles. The summed E-state index contributed by atoms with van der Waals surface area (Å²) in [6, 6.07) is 16.1. The molecule has 5 rings (SSSR count). The first-order chi connectivity index (χ1) is 16.2. The van der Waals surface area contributed by atoms with Gasteiger partial charge in [-0.25, -0.2) is 4.68 Å². The first kappa shape index (κ1) is 21.1. The fourth-order valence-corrected chi connectivity index (χ4v) is 3.78. The van der Waals surface area contributed by atoms with Crippen molar-refractivity contribution in [1.82, 2.24) is 19.7 Å². The molecule has 0 aliphatic carbocycles. The summed E-state index contributed by atoms with van der Waals surface area (Å²) in [7, 11) is 0. The van der Waals surface area contributed by atoms with Gasteiger partial charge in [0, 0.05) is 24.6 Å². The second-order valence-corrected chi connectivity index (χ2v) is 7.58. The van der Waals surface area contributed by atoms with Crippen molar-refractivity contribution in [3.63, 3.8) is 0 Å². The topological polar surface area (TPSA) is 86.1 Å². The van der Waals surface area contributed by atoms with Gasteiger partial charge in [0.15, 0.2) is 5.65 Å². The normalized spacial score (nSPS) is 14.5. The van der Waals surface area contributed by atoms with E-state index in [1.54, 1.807) is 18.3 Å². The van der Waals surface area contributed by atoms with Crippen LogP contribution >= 0.6 is 0 Å². The lowest BCUT2D eigenvalue weighted by Gasteiger charge is -2.22. The maximum Gasteiger partial charge on any atom is 0.387 e. The van der Waals surface area contributed by atoms with E-state index in [4.69, 9.17) is 9.72 Å². The number of halogens is 2. The lowest BCUT2D eigenvalue weighted by Crippen LogP contribution is -2.20. The van der Waals surface area contributed by atoms with Gasteiger partial charge in [-0.3, -0.25) is 0 Å². The number of rotatable bonds is 7. The fraction of sp³-hybridized carbons (Fsp3) is 0.261. The molecule has 1 aliphatic heterocycles. The highest BCUT2D eigenvalue weighted by Crippen LogP contribution is 2.30. The summed E-state index contributed by atoms with van der Waals surface area (Å²) in [5.74, 6) is 1.05. The molecule has 33 heavy (non-hydrogen) atoms. The SMILES string of the molecule is FC(F)Oc1ccc(Nc2nc(Nc3ccccc3)c3cnn(C4CCOCC4)c3n2)cc1. The van der Waals surface area contributed by atoms with Crippen molar-refractivity contribution in [2.45, 2.75) is 25.5 Å². The van der Waals surface area contributed by atoms with Crippen LogP contribution in [0.1, 0.15) is 18.9 Å². The molecule has 170 valence electrons. The van der Waals surface area contributed by atoms with E-state index in [9.17, 15) is 8.78 Å². The summed E-state index contributed by atoms with van der Waals surface area (Å²) < 4.78 is 36.7. The maximum absolute atomic E-state index is 12.4. The van der Waals surface area contributed by atoms with Crippen LogP contribution in [0.4, 0.5) is 31.9 Å². The predicted octanol–water partition coefficient (Wildman–Crippen LogP) is 5.27. The van der Waals surface area contributed by atoms with Gasteiger partial charge in [-0.05, 0) is 49.2 Å². The van der Waals surface area contributed by atoms with Gasteiger partial charge in [0.1, 0.15) is 11.6 Å². The molecular formula is C23H22F2N6O2. The third-order valence-corrected chi connectivity index (χ3v) is 5.36. The molecule has 0 spiro atoms. The van der Waals surface area contributed by atoms with E-state index in [1.165, 1.54) is 12.1 Å². The summed E-state index contributed by atoms with van der Waals surface area (Å²) in [6.45, 7) is -1.50. The molecular weight excluding hydrogens is 430 g/mol. The Morgan fingerprint density at radius 2 is 1.67 bits per heavy atom. The van der Waals surface area contributed by atoms with E-state index < -0.39 is 6.61 Å². The van der Waals surface area contributed by atoms with E-state index in [0.717, 1.165) is 23.9 Å². The quantitative estimate of drug-likeness (QED) is 0.395. The van der Waals surface area contributed by atoms with Crippen molar-refractivity contribution < 1.29 is 18.3 Å². The summed E-state index contributed by atoms with van der Waals surface area (Å²) in [6.07, 6.45) is 3.49. The van der Waals surface area contributed by atoms with Gasteiger partial charge in [-0.2, -0.15) is 23.8 Å². The third kappa shape index (κ3) is 4.85. The van der Waals surface area contributed by atoms with Crippen LogP contribution in [0, 0.1) is 0 Å². The van der Waals surface area contributed by atoms with Crippen molar-refractivity contribution in [1.29, 1.82) is 0 Å². The van der Waals surface area contributed by atoms with E-state index in [1.807, 2.05) is 35.0 Å². The van der Waals surface area contributed by atoms with Crippen molar-refractivity contribution in [2.24, 2.45) is 0 Å². The zero-order valence-electron chi connectivity index (χ0n) is 17.6. The Balaban J connectivity index is 1.50. The summed E-state index contributed by atoms with van der Waals surface area (Å²) in [5.41, 5.74) is 2.23. The Kier molecular flexibility index (Phi) is 5.99. The highest BCUT2D eigenvalue weighted by molar-refractivity contribution is 5.89. The van der Waals surface area contributed by atoms with Crippen molar-refractivity contribution in [3.8, 4) is 5.75 Å². The van der Waals surface area contributed by atoms with Gasteiger partial charge in [0.25, 0.3) is 0 Å². The smallest absolute Gasteiger partial charge is 0.387 e. The van der Waals surface area contributed by atoms with Crippen molar-refractivity contribution >= 4 is 34.2 Å². The average molecular weight is 452 g/mol. The first-order valence-electron chi connectivity index (χ1n) is 10.6. The minimum atomic E-state index is -2.87. The van der Waals surface area contributed by atoms with Crippen LogP contribution < -0.4 is 15.4 Å². The first-order valence-corrected chi connectivity index (χ1v) is 10.6. The van der Waals surface area contributed by atoms with Crippen LogP contribution in [0.25, 0.3) is 11.0 Å². The second kappa shape index (κ2) is 9.37. The molecule has 10 heteroatoms. The highest BCUT2D eigenvalue weighted by atomic mass is 19.3. The van der Waals surface area contributed by atoms with Crippen LogP contribution in [0.3, 0.4) is 0 Å². The van der Waals surface area contributed by atoms with Gasteiger partial charge in [0.2, 0.25) is 5.95 Å². The predicted molar refractivity (Wildman–Crippen MR) is 120 cm³/mol. The molecule has 1 fully saturated rings. The number of hydrogen-bond donors (Lipinski definition) is 2. The molecule has 0 unspecified atom stereocenters. The Morgan fingerprint density at radius 1 is 0.939 bits per heavy atom. The molecule has 2 aromatic carbocycles. The van der Waals surface area contributed by atoms with Gasteiger partial charge >= 0.3 is 6.61 Å². The number of ether oxygens (including phenoxy) is 2. The lowest BCUT2D eigenvalue weighted by molar-refractivity contribution is -0.0498. The van der Waals surface area contributed by atoms with E-state index >= 15 is 0 Å². The number of para-hydroxylation sites is 1. The van der Waals surface area contributed by atoms with Crippen LogP contribution in [0.2, 0.25) is 0 Å². The minimum Gasteiger partial charge on any atom is -0.435 e. The molecule has 1 saturated heterocycles. The molecule has 1 aliphatic rings. The van der Waals surface area contributed by atoms with E-state index in [2.05, 4.69) is 25.5 Å². The Morgan fingerprint density at radius 3 is 2.39 bits per heavy atom. The molecule has 4 aromatic rings. The molecule has 0 radical (unpaired) electrons. The number of alkyl halides is 2. The largest absolute Gasteiger partial charge is 0.435 e. The summed E-state index contributed by atoms with van der Waals surface area (Å²) in [4.78, 5) is 9.38. The molecule has 2 aromatic heterocycles. The molecule has 0 amide bonds. The molecule has 0 saturated carbocycles. The maximum atomic E-state index is 12.4. The molecule has 0 atom stereocenters. The second-order valence-electron chi connectivity index (χ2n) is 7.58. The fourth-order valence-electron chi connectivity index (χ4n) is 3.78. The van der Waals surface area contributed by atoms with E-state index in [-0.39, 0.29) is 11.8 Å². The van der Waals surface area contributed by atoms with Gasteiger partial charge < -0.3 is 20.1 Å². The molecule has 2 N–H and O–H groups in total. The van der Waals surface area contributed by atoms with Crippen molar-refractivity contribution in [3.05, 3.63) is 60.8 Å². The van der Waals surface area contributed by atoms with Crippen LogP contribution in [0.5, 0.6) is 5.75 Å². The van der Waals surface area contributed by atoms with Crippen LogP contribution in [0.15, 0.2) is 60.8 Å². The van der Waals surface area contributed by atoms with Crippen molar-refractivity contribution in [2.75, 3.05) is 23.8 Å². The molecule has 8 nitrogen and oxygen atoms in total. The number of anilines is 4. The minimum absolute atomic E-state index is 0.0796. The number of nitrogens with zero attached hydrogens (tertiary/aromatic N) is 4. The number of nitrogens with one attached hydrogen (secondary N) is 2. The van der Waals surface area contributed by atoms with Crippen LogP contribution in [-0.2, 0) is 4.74 Å². The van der Waals surface area contributed by atoms with Gasteiger partial charge in [0.05, 0.1) is 17.6 Å². The van der Waals surface area contributed by atoms with Crippen LogP contribution in [-0.4, -0.2) is 39.6 Å². The standard InChI is InChI=1S/C23H22F2N6O2/c24-22(25)33-18-8-6-16(7-9-18)28-23-29-20(27-15-4-2-1-3-5-15)19-14-26-31(21(19)30-23)17-10-12-32-13-11-17/h1-9,14,17,22H,10-13H2,(H2,27,28,29,30). The summed E-state index contributed by atoms with van der Waals surface area (Å²) >= 11 is 0.